The predicted octanol–water partition coefficient (Wildman–Crippen LogP) is 2.73. The van der Waals surface area contributed by atoms with Gasteiger partial charge in [-0.1, -0.05) is 26.7 Å². The Hall–Kier alpha value is -0.610. The van der Waals surface area contributed by atoms with Gasteiger partial charge >= 0.3 is 5.97 Å². The summed E-state index contributed by atoms with van der Waals surface area (Å²) in [6.07, 6.45) is 5.65. The molecule has 1 aliphatic heterocycles. The van der Waals surface area contributed by atoms with E-state index in [0.29, 0.717) is 17.9 Å². The van der Waals surface area contributed by atoms with Gasteiger partial charge in [0.05, 0.1) is 0 Å². The third-order valence-electron chi connectivity index (χ3n) is 5.71. The van der Waals surface area contributed by atoms with E-state index in [4.69, 9.17) is 0 Å². The largest absolute Gasteiger partial charge is 0.480 e. The number of hydrogen-bond donors (Lipinski definition) is 2. The SMILES string of the molecule is CCC1(CC)CCN(C(C)CC(C)(NC)C(=O)O)CC1. The lowest BCUT2D eigenvalue weighted by molar-refractivity contribution is -0.144. The Balaban J connectivity index is 2.59. The maximum atomic E-state index is 11.4. The molecule has 0 aromatic rings. The molecular weight excluding hydrogens is 252 g/mol. The number of carboxylic acid groups (broad SMARTS) is 1. The lowest BCUT2D eigenvalue weighted by Crippen LogP contribution is -2.53. The van der Waals surface area contributed by atoms with Crippen molar-refractivity contribution < 1.29 is 9.90 Å². The van der Waals surface area contributed by atoms with Crippen molar-refractivity contribution in [2.75, 3.05) is 20.1 Å². The second-order valence-electron chi connectivity index (χ2n) is 6.68. The molecule has 1 saturated heterocycles. The summed E-state index contributed by atoms with van der Waals surface area (Å²) in [7, 11) is 1.73. The van der Waals surface area contributed by atoms with E-state index in [9.17, 15) is 9.90 Å². The standard InChI is InChI=1S/C16H32N2O2/c1-6-16(7-2)8-10-18(11-9-16)13(3)12-15(4,17-5)14(19)20/h13,17H,6-12H2,1-5H3,(H,19,20). The van der Waals surface area contributed by atoms with Crippen molar-refractivity contribution in [3.8, 4) is 0 Å². The van der Waals surface area contributed by atoms with Crippen LogP contribution in [0.4, 0.5) is 0 Å². The molecule has 1 aliphatic rings. The number of rotatable bonds is 7. The third-order valence-corrected chi connectivity index (χ3v) is 5.71. The molecule has 0 saturated carbocycles. The molecule has 0 bridgehead atoms. The number of piperidine rings is 1. The van der Waals surface area contributed by atoms with E-state index in [2.05, 4.69) is 31.0 Å². The van der Waals surface area contributed by atoms with Gasteiger partial charge in [-0.15, -0.1) is 0 Å². The Morgan fingerprint density at radius 2 is 1.85 bits per heavy atom. The number of hydrogen-bond acceptors (Lipinski definition) is 3. The molecule has 4 nitrogen and oxygen atoms in total. The average molecular weight is 284 g/mol. The number of likely N-dealkylation sites (tertiary alicyclic amines) is 1. The number of carboxylic acids is 1. The van der Waals surface area contributed by atoms with Crippen LogP contribution in [0.5, 0.6) is 0 Å². The molecule has 1 fully saturated rings. The van der Waals surface area contributed by atoms with Crippen molar-refractivity contribution >= 4 is 5.97 Å². The second kappa shape index (κ2) is 6.90. The van der Waals surface area contributed by atoms with Crippen molar-refractivity contribution in [2.45, 2.75) is 71.4 Å². The molecule has 1 rings (SSSR count). The first kappa shape index (κ1) is 17.4. The van der Waals surface area contributed by atoms with Gasteiger partial charge < -0.3 is 15.3 Å². The molecule has 118 valence electrons. The minimum atomic E-state index is -0.830. The zero-order chi connectivity index (χ0) is 15.4. The van der Waals surface area contributed by atoms with E-state index in [-0.39, 0.29) is 0 Å². The highest BCUT2D eigenvalue weighted by molar-refractivity contribution is 5.78. The third kappa shape index (κ3) is 3.73. The van der Waals surface area contributed by atoms with Gasteiger partial charge in [-0.3, -0.25) is 4.79 Å². The fraction of sp³-hybridized carbons (Fsp3) is 0.938. The summed E-state index contributed by atoms with van der Waals surface area (Å²) in [5.41, 5.74) is -0.307. The molecule has 20 heavy (non-hydrogen) atoms. The zero-order valence-corrected chi connectivity index (χ0v) is 13.8. The van der Waals surface area contributed by atoms with Crippen LogP contribution in [0.1, 0.15) is 59.8 Å². The molecule has 0 aliphatic carbocycles. The summed E-state index contributed by atoms with van der Waals surface area (Å²) < 4.78 is 0. The maximum absolute atomic E-state index is 11.4. The van der Waals surface area contributed by atoms with Crippen molar-refractivity contribution in [3.05, 3.63) is 0 Å². The summed E-state index contributed by atoms with van der Waals surface area (Å²) in [6.45, 7) is 10.7. The summed E-state index contributed by atoms with van der Waals surface area (Å²) in [4.78, 5) is 13.8. The molecular formula is C16H32N2O2. The molecule has 0 spiro atoms. The van der Waals surface area contributed by atoms with Crippen molar-refractivity contribution in [1.29, 1.82) is 0 Å². The number of nitrogens with zero attached hydrogens (tertiary/aromatic N) is 1. The smallest absolute Gasteiger partial charge is 0.323 e. The van der Waals surface area contributed by atoms with Crippen LogP contribution in [0.15, 0.2) is 0 Å². The Kier molecular flexibility index (Phi) is 6.02. The van der Waals surface area contributed by atoms with E-state index in [1.54, 1.807) is 14.0 Å². The van der Waals surface area contributed by atoms with Crippen LogP contribution in [0.3, 0.4) is 0 Å². The second-order valence-corrected chi connectivity index (χ2v) is 6.68. The highest BCUT2D eigenvalue weighted by atomic mass is 16.4. The molecule has 1 heterocycles. The van der Waals surface area contributed by atoms with Crippen LogP contribution in [0.25, 0.3) is 0 Å². The lowest BCUT2D eigenvalue weighted by atomic mass is 9.74. The van der Waals surface area contributed by atoms with Crippen LogP contribution in [-0.2, 0) is 4.79 Å². The Morgan fingerprint density at radius 3 is 2.20 bits per heavy atom. The van der Waals surface area contributed by atoms with Crippen LogP contribution in [-0.4, -0.2) is 47.7 Å². The molecule has 2 atom stereocenters. The van der Waals surface area contributed by atoms with E-state index in [1.165, 1.54) is 25.7 Å². The van der Waals surface area contributed by atoms with E-state index in [0.717, 1.165) is 13.1 Å². The minimum Gasteiger partial charge on any atom is -0.480 e. The number of nitrogens with one attached hydrogen (secondary N) is 1. The van der Waals surface area contributed by atoms with E-state index < -0.39 is 11.5 Å². The number of likely N-dealkylation sites (N-methyl/N-ethyl adjacent to an activating group) is 1. The normalized spacial score (nSPS) is 24.1. The Bertz CT molecular complexity index is 318. The van der Waals surface area contributed by atoms with Gasteiger partial charge in [-0.25, -0.2) is 0 Å². The van der Waals surface area contributed by atoms with Gasteiger partial charge in [-0.05, 0) is 58.7 Å². The number of aliphatic carboxylic acids is 1. The Morgan fingerprint density at radius 1 is 1.35 bits per heavy atom. The first-order valence-corrected chi connectivity index (χ1v) is 7.99. The summed E-state index contributed by atoms with van der Waals surface area (Å²) in [6, 6.07) is 0.301. The van der Waals surface area contributed by atoms with Crippen LogP contribution < -0.4 is 5.32 Å². The molecule has 0 radical (unpaired) electrons. The first-order valence-electron chi connectivity index (χ1n) is 7.99. The van der Waals surface area contributed by atoms with Gasteiger partial charge in [-0.2, -0.15) is 0 Å². The summed E-state index contributed by atoms with van der Waals surface area (Å²) >= 11 is 0. The van der Waals surface area contributed by atoms with Crippen molar-refractivity contribution in [1.82, 2.24) is 10.2 Å². The molecule has 0 aromatic carbocycles. The fourth-order valence-electron chi connectivity index (χ4n) is 3.41. The lowest BCUT2D eigenvalue weighted by Gasteiger charge is -2.44. The maximum Gasteiger partial charge on any atom is 0.323 e. The fourth-order valence-corrected chi connectivity index (χ4v) is 3.41. The van der Waals surface area contributed by atoms with Crippen molar-refractivity contribution in [2.24, 2.45) is 5.41 Å². The summed E-state index contributed by atoms with van der Waals surface area (Å²) in [5, 5.41) is 12.3. The Labute approximate surface area is 123 Å². The summed E-state index contributed by atoms with van der Waals surface area (Å²) in [5.74, 6) is -0.764. The van der Waals surface area contributed by atoms with Gasteiger partial charge in [0.2, 0.25) is 0 Å². The minimum absolute atomic E-state index is 0.301. The van der Waals surface area contributed by atoms with Crippen LogP contribution in [0, 0.1) is 5.41 Å². The van der Waals surface area contributed by atoms with Crippen LogP contribution in [0.2, 0.25) is 0 Å². The molecule has 4 heteroatoms. The van der Waals surface area contributed by atoms with E-state index >= 15 is 0 Å². The number of carbonyl (C=O) groups is 1. The first-order chi connectivity index (χ1) is 9.32. The molecule has 2 N–H and O–H groups in total. The predicted molar refractivity (Wildman–Crippen MR) is 83.0 cm³/mol. The average Bonchev–Trinajstić information content (AvgIpc) is 2.46. The van der Waals surface area contributed by atoms with Gasteiger partial charge in [0.25, 0.3) is 0 Å². The van der Waals surface area contributed by atoms with E-state index in [1.807, 2.05) is 0 Å². The zero-order valence-electron chi connectivity index (χ0n) is 13.8. The van der Waals surface area contributed by atoms with Crippen molar-refractivity contribution in [3.63, 3.8) is 0 Å². The molecule has 2 unspecified atom stereocenters. The van der Waals surface area contributed by atoms with Gasteiger partial charge in [0, 0.05) is 6.04 Å². The van der Waals surface area contributed by atoms with Crippen LogP contribution >= 0.6 is 0 Å². The molecule has 0 aromatic heterocycles. The highest BCUT2D eigenvalue weighted by Gasteiger charge is 2.37. The van der Waals surface area contributed by atoms with Gasteiger partial charge in [0.15, 0.2) is 0 Å². The molecule has 0 amide bonds. The quantitative estimate of drug-likeness (QED) is 0.755. The topological polar surface area (TPSA) is 52.6 Å². The monoisotopic (exact) mass is 284 g/mol. The van der Waals surface area contributed by atoms with Gasteiger partial charge in [0.1, 0.15) is 5.54 Å². The highest BCUT2D eigenvalue weighted by Crippen LogP contribution is 2.38.